The minimum Gasteiger partial charge on any atom is -0.353 e. The van der Waals surface area contributed by atoms with E-state index in [1.165, 1.54) is 15.6 Å². The molecule has 1 amide bonds. The van der Waals surface area contributed by atoms with Crippen LogP contribution in [0.3, 0.4) is 0 Å². The summed E-state index contributed by atoms with van der Waals surface area (Å²) in [7, 11) is -3.41. The molecular weight excluding hydrogens is 298 g/mol. The fourth-order valence-corrected chi connectivity index (χ4v) is 5.33. The normalized spacial score (nSPS) is 25.8. The van der Waals surface area contributed by atoms with Gasteiger partial charge in [0.05, 0.1) is 6.04 Å². The van der Waals surface area contributed by atoms with Crippen LogP contribution >= 0.6 is 11.3 Å². The van der Waals surface area contributed by atoms with Gasteiger partial charge in [-0.1, -0.05) is 6.07 Å². The third-order valence-electron chi connectivity index (χ3n) is 3.82. The fraction of sp³-hybridized carbons (Fsp3) is 0.583. The number of hydrogen-bond donors (Lipinski definition) is 1. The second kappa shape index (κ2) is 5.44. The highest BCUT2D eigenvalue weighted by atomic mass is 32.2. The van der Waals surface area contributed by atoms with E-state index < -0.39 is 10.0 Å². The van der Waals surface area contributed by atoms with Crippen molar-refractivity contribution in [2.24, 2.45) is 0 Å². The molecule has 2 aliphatic rings. The second-order valence-electron chi connectivity index (χ2n) is 4.97. The average molecular weight is 315 g/mol. The molecule has 2 saturated heterocycles. The summed E-state index contributed by atoms with van der Waals surface area (Å²) in [6, 6.07) is 3.18. The van der Waals surface area contributed by atoms with Gasteiger partial charge in [0, 0.05) is 32.7 Å². The molecule has 20 heavy (non-hydrogen) atoms. The van der Waals surface area contributed by atoms with Crippen molar-refractivity contribution in [2.45, 2.75) is 16.7 Å². The molecule has 1 unspecified atom stereocenters. The van der Waals surface area contributed by atoms with Gasteiger partial charge in [-0.25, -0.2) is 8.42 Å². The Labute approximate surface area is 122 Å². The van der Waals surface area contributed by atoms with Gasteiger partial charge in [-0.05, 0) is 17.9 Å². The number of amides is 1. The predicted molar refractivity (Wildman–Crippen MR) is 76.1 cm³/mol. The van der Waals surface area contributed by atoms with Crippen molar-refractivity contribution < 1.29 is 13.2 Å². The highest BCUT2D eigenvalue weighted by molar-refractivity contribution is 7.91. The lowest BCUT2D eigenvalue weighted by atomic mass is 10.1. The van der Waals surface area contributed by atoms with Gasteiger partial charge < -0.3 is 5.32 Å². The van der Waals surface area contributed by atoms with E-state index in [2.05, 4.69) is 10.2 Å². The van der Waals surface area contributed by atoms with Crippen LogP contribution in [-0.2, 0) is 14.8 Å². The minimum absolute atomic E-state index is 0.0200. The Morgan fingerprint density at radius 1 is 1.25 bits per heavy atom. The number of sulfonamides is 1. The molecule has 0 bridgehead atoms. The SMILES string of the molecule is O=C1NCCN2CCN(S(=O)(=O)c3cccs3)CCC12. The molecule has 1 aromatic rings. The summed E-state index contributed by atoms with van der Waals surface area (Å²) >= 11 is 1.23. The number of carbonyl (C=O) groups is 1. The minimum atomic E-state index is -3.41. The second-order valence-corrected chi connectivity index (χ2v) is 8.08. The van der Waals surface area contributed by atoms with Crippen LogP contribution in [0.25, 0.3) is 0 Å². The van der Waals surface area contributed by atoms with Crippen LogP contribution in [0, 0.1) is 0 Å². The summed E-state index contributed by atoms with van der Waals surface area (Å²) in [6.07, 6.45) is 0.552. The Morgan fingerprint density at radius 2 is 2.10 bits per heavy atom. The Hall–Kier alpha value is -0.960. The van der Waals surface area contributed by atoms with Gasteiger partial charge in [-0.15, -0.1) is 11.3 Å². The Kier molecular flexibility index (Phi) is 3.80. The summed E-state index contributed by atoms with van der Waals surface area (Å²) in [5.74, 6) is 0.0200. The van der Waals surface area contributed by atoms with Gasteiger partial charge >= 0.3 is 0 Å². The molecule has 3 rings (SSSR count). The summed E-state index contributed by atoms with van der Waals surface area (Å²) in [6.45, 7) is 2.90. The lowest BCUT2D eigenvalue weighted by Gasteiger charge is -2.32. The summed E-state index contributed by atoms with van der Waals surface area (Å²) in [5, 5.41) is 4.61. The van der Waals surface area contributed by atoms with Gasteiger partial charge in [0.15, 0.2) is 0 Å². The Balaban J connectivity index is 1.79. The number of thiophene rings is 1. The number of rotatable bonds is 2. The standard InChI is InChI=1S/C12H17N3O3S2/c16-12-10-3-5-15(8-7-14(10)6-4-13-12)20(17,18)11-2-1-9-19-11/h1-2,9-10H,3-8H2,(H,13,16). The van der Waals surface area contributed by atoms with Crippen molar-refractivity contribution >= 4 is 27.3 Å². The molecule has 110 valence electrons. The molecule has 6 nitrogen and oxygen atoms in total. The van der Waals surface area contributed by atoms with Crippen LogP contribution in [0.5, 0.6) is 0 Å². The maximum atomic E-state index is 12.5. The third kappa shape index (κ3) is 2.48. The number of carbonyl (C=O) groups excluding carboxylic acids is 1. The maximum absolute atomic E-state index is 12.5. The van der Waals surface area contributed by atoms with Gasteiger partial charge in [0.25, 0.3) is 10.0 Å². The lowest BCUT2D eigenvalue weighted by molar-refractivity contribution is -0.128. The van der Waals surface area contributed by atoms with Crippen molar-refractivity contribution in [1.82, 2.24) is 14.5 Å². The van der Waals surface area contributed by atoms with E-state index in [0.717, 1.165) is 6.54 Å². The molecule has 2 fully saturated rings. The average Bonchev–Trinajstić information content (AvgIpc) is 2.86. The summed E-state index contributed by atoms with van der Waals surface area (Å²) < 4.78 is 26.9. The first-order valence-electron chi connectivity index (χ1n) is 6.64. The van der Waals surface area contributed by atoms with E-state index in [0.29, 0.717) is 36.8 Å². The Morgan fingerprint density at radius 3 is 2.85 bits per heavy atom. The molecule has 0 saturated carbocycles. The number of nitrogens with one attached hydrogen (secondary N) is 1. The molecule has 1 N–H and O–H groups in total. The number of fused-ring (bicyclic) bond motifs is 1. The summed E-state index contributed by atoms with van der Waals surface area (Å²) in [5.41, 5.74) is 0. The van der Waals surface area contributed by atoms with Crippen molar-refractivity contribution in [3.63, 3.8) is 0 Å². The third-order valence-corrected chi connectivity index (χ3v) is 7.09. The van der Waals surface area contributed by atoms with Crippen LogP contribution in [0.2, 0.25) is 0 Å². The van der Waals surface area contributed by atoms with E-state index >= 15 is 0 Å². The molecule has 1 atom stereocenters. The lowest BCUT2D eigenvalue weighted by Crippen LogP contribution is -2.55. The van der Waals surface area contributed by atoms with Crippen LogP contribution < -0.4 is 5.32 Å². The molecule has 8 heteroatoms. The highest BCUT2D eigenvalue weighted by Crippen LogP contribution is 2.23. The number of piperazine rings is 1. The van der Waals surface area contributed by atoms with Crippen LogP contribution in [0.4, 0.5) is 0 Å². The van der Waals surface area contributed by atoms with Crippen molar-refractivity contribution in [1.29, 1.82) is 0 Å². The predicted octanol–water partition coefficient (Wildman–Crippen LogP) is -0.0571. The van der Waals surface area contributed by atoms with Gasteiger partial charge in [0.2, 0.25) is 5.91 Å². The maximum Gasteiger partial charge on any atom is 0.252 e. The molecule has 0 spiro atoms. The van der Waals surface area contributed by atoms with Crippen molar-refractivity contribution in [3.8, 4) is 0 Å². The first kappa shape index (κ1) is 14.0. The highest BCUT2D eigenvalue weighted by Gasteiger charge is 2.35. The zero-order valence-electron chi connectivity index (χ0n) is 11.0. The van der Waals surface area contributed by atoms with Crippen LogP contribution in [-0.4, -0.2) is 62.3 Å². The molecule has 3 heterocycles. The van der Waals surface area contributed by atoms with E-state index in [1.807, 2.05) is 0 Å². The summed E-state index contributed by atoms with van der Waals surface area (Å²) in [4.78, 5) is 13.9. The number of hydrogen-bond acceptors (Lipinski definition) is 5. The molecule has 1 aromatic heterocycles. The van der Waals surface area contributed by atoms with Gasteiger partial charge in [0.1, 0.15) is 4.21 Å². The smallest absolute Gasteiger partial charge is 0.252 e. The zero-order chi connectivity index (χ0) is 14.2. The molecular formula is C12H17N3O3S2. The van der Waals surface area contributed by atoms with Crippen molar-refractivity contribution in [3.05, 3.63) is 17.5 Å². The number of nitrogens with zero attached hydrogens (tertiary/aromatic N) is 2. The fourth-order valence-electron chi connectivity index (χ4n) is 2.74. The quantitative estimate of drug-likeness (QED) is 0.830. The molecule has 2 aliphatic heterocycles. The van der Waals surface area contributed by atoms with Gasteiger partial charge in [-0.3, -0.25) is 9.69 Å². The first-order chi connectivity index (χ1) is 9.59. The Bertz CT molecular complexity index is 585. The molecule has 0 aromatic carbocycles. The van der Waals surface area contributed by atoms with Crippen LogP contribution in [0.15, 0.2) is 21.7 Å². The zero-order valence-corrected chi connectivity index (χ0v) is 12.6. The first-order valence-corrected chi connectivity index (χ1v) is 8.96. The van der Waals surface area contributed by atoms with Gasteiger partial charge in [-0.2, -0.15) is 4.31 Å². The van der Waals surface area contributed by atoms with E-state index in [-0.39, 0.29) is 11.9 Å². The van der Waals surface area contributed by atoms with Crippen LogP contribution in [0.1, 0.15) is 6.42 Å². The van der Waals surface area contributed by atoms with E-state index in [4.69, 9.17) is 0 Å². The largest absolute Gasteiger partial charge is 0.353 e. The van der Waals surface area contributed by atoms with E-state index in [9.17, 15) is 13.2 Å². The van der Waals surface area contributed by atoms with E-state index in [1.54, 1.807) is 17.5 Å². The topological polar surface area (TPSA) is 69.7 Å². The van der Waals surface area contributed by atoms with Crippen molar-refractivity contribution in [2.75, 3.05) is 32.7 Å². The molecule has 0 radical (unpaired) electrons. The monoisotopic (exact) mass is 315 g/mol. The molecule has 0 aliphatic carbocycles.